The number of hydrogen-bond donors (Lipinski definition) is 2. The molecular weight excluding hydrogens is 312 g/mol. The van der Waals surface area contributed by atoms with E-state index in [-0.39, 0.29) is 22.2 Å². The Morgan fingerprint density at radius 3 is 2.09 bits per heavy atom. The number of phenols is 2. The first-order chi connectivity index (χ1) is 11.1. The summed E-state index contributed by atoms with van der Waals surface area (Å²) in [5.41, 5.74) is 1.90. The largest absolute Gasteiger partial charge is 0.506 e. The minimum absolute atomic E-state index is 0.0184. The number of fused-ring (bicyclic) bond motifs is 1. The van der Waals surface area contributed by atoms with Gasteiger partial charge in [0.2, 0.25) is 0 Å². The van der Waals surface area contributed by atoms with Gasteiger partial charge < -0.3 is 10.2 Å². The van der Waals surface area contributed by atoms with E-state index in [1.165, 1.54) is 5.56 Å². The first-order valence-electron chi connectivity index (χ1n) is 7.24. The van der Waals surface area contributed by atoms with Crippen molar-refractivity contribution in [3.63, 3.8) is 0 Å². The van der Waals surface area contributed by atoms with Crippen LogP contribution in [-0.2, 0) is 6.42 Å². The summed E-state index contributed by atoms with van der Waals surface area (Å²) in [4.78, 5) is 0. The van der Waals surface area contributed by atoms with Gasteiger partial charge in [0.05, 0.1) is 5.69 Å². The van der Waals surface area contributed by atoms with E-state index in [2.05, 4.69) is 17.2 Å². The molecule has 3 aromatic carbocycles. The molecule has 116 valence electrons. The standard InChI is InChI=1S/C18H15ClN2O2/c1-2-11-7-9-12(10-8-11)20-21-16-15(19)17(22)13-5-3-4-6-14(13)18(16)23/h3-10,22-23H,2H2,1H3. The second kappa shape index (κ2) is 6.26. The topological polar surface area (TPSA) is 65.2 Å². The molecule has 0 saturated heterocycles. The number of aryl methyl sites for hydroxylation is 1. The highest BCUT2D eigenvalue weighted by Crippen LogP contribution is 2.47. The van der Waals surface area contributed by atoms with E-state index >= 15 is 0 Å². The molecule has 0 bridgehead atoms. The van der Waals surface area contributed by atoms with E-state index in [1.807, 2.05) is 24.3 Å². The zero-order valence-electron chi connectivity index (χ0n) is 12.5. The van der Waals surface area contributed by atoms with Crippen molar-refractivity contribution in [3.05, 3.63) is 59.1 Å². The normalized spacial score (nSPS) is 11.4. The lowest BCUT2D eigenvalue weighted by Crippen LogP contribution is -1.80. The Morgan fingerprint density at radius 2 is 1.48 bits per heavy atom. The van der Waals surface area contributed by atoms with Crippen molar-refractivity contribution in [3.8, 4) is 11.5 Å². The van der Waals surface area contributed by atoms with Crippen LogP contribution in [0.3, 0.4) is 0 Å². The third kappa shape index (κ3) is 2.85. The number of phenolic OH excluding ortho intramolecular Hbond substituents is 2. The molecule has 0 aliphatic carbocycles. The molecule has 0 fully saturated rings. The minimum atomic E-state index is -0.115. The third-order valence-corrected chi connectivity index (χ3v) is 4.05. The maximum atomic E-state index is 10.4. The van der Waals surface area contributed by atoms with Gasteiger partial charge in [0.15, 0.2) is 11.4 Å². The number of azo groups is 1. The van der Waals surface area contributed by atoms with Crippen LogP contribution in [0.1, 0.15) is 12.5 Å². The van der Waals surface area contributed by atoms with E-state index in [9.17, 15) is 10.2 Å². The number of benzene rings is 3. The van der Waals surface area contributed by atoms with E-state index in [4.69, 9.17) is 11.6 Å². The Hall–Kier alpha value is -2.59. The van der Waals surface area contributed by atoms with Crippen LogP contribution in [0.2, 0.25) is 5.02 Å². The molecule has 0 heterocycles. The summed E-state index contributed by atoms with van der Waals surface area (Å²) < 4.78 is 0. The SMILES string of the molecule is CCc1ccc(N=Nc2c(Cl)c(O)c3ccccc3c2O)cc1. The Labute approximate surface area is 138 Å². The fourth-order valence-corrected chi connectivity index (χ4v) is 2.58. The number of rotatable bonds is 3. The molecule has 23 heavy (non-hydrogen) atoms. The average molecular weight is 327 g/mol. The molecule has 0 amide bonds. The van der Waals surface area contributed by atoms with Crippen molar-refractivity contribution in [2.45, 2.75) is 13.3 Å². The quantitative estimate of drug-likeness (QED) is 0.466. The molecule has 2 N–H and O–H groups in total. The van der Waals surface area contributed by atoms with Crippen molar-refractivity contribution in [2.75, 3.05) is 0 Å². The lowest BCUT2D eigenvalue weighted by atomic mass is 10.1. The number of nitrogens with zero attached hydrogens (tertiary/aromatic N) is 2. The van der Waals surface area contributed by atoms with Gasteiger partial charge in [0, 0.05) is 10.8 Å². The number of halogens is 1. The Bertz CT molecular complexity index is 890. The van der Waals surface area contributed by atoms with Crippen molar-refractivity contribution >= 4 is 33.7 Å². The molecule has 3 rings (SSSR count). The van der Waals surface area contributed by atoms with Gasteiger partial charge in [-0.1, -0.05) is 54.9 Å². The Morgan fingerprint density at radius 1 is 0.870 bits per heavy atom. The highest BCUT2D eigenvalue weighted by molar-refractivity contribution is 6.36. The highest BCUT2D eigenvalue weighted by atomic mass is 35.5. The fraction of sp³-hybridized carbons (Fsp3) is 0.111. The van der Waals surface area contributed by atoms with Crippen LogP contribution in [0.15, 0.2) is 58.8 Å². The van der Waals surface area contributed by atoms with E-state index in [0.717, 1.165) is 6.42 Å². The number of hydrogen-bond acceptors (Lipinski definition) is 4. The molecular formula is C18H15ClN2O2. The van der Waals surface area contributed by atoms with Gasteiger partial charge in [-0.05, 0) is 24.1 Å². The lowest BCUT2D eigenvalue weighted by Gasteiger charge is -2.08. The smallest absolute Gasteiger partial charge is 0.152 e. The second-order valence-electron chi connectivity index (χ2n) is 5.13. The summed E-state index contributed by atoms with van der Waals surface area (Å²) in [6.07, 6.45) is 0.947. The minimum Gasteiger partial charge on any atom is -0.506 e. The van der Waals surface area contributed by atoms with Gasteiger partial charge in [-0.2, -0.15) is 5.11 Å². The predicted molar refractivity (Wildman–Crippen MR) is 92.3 cm³/mol. The van der Waals surface area contributed by atoms with Crippen molar-refractivity contribution in [1.82, 2.24) is 0 Å². The van der Waals surface area contributed by atoms with Gasteiger partial charge in [0.25, 0.3) is 0 Å². The van der Waals surface area contributed by atoms with Crippen LogP contribution in [-0.4, -0.2) is 10.2 Å². The van der Waals surface area contributed by atoms with Crippen LogP contribution in [0.5, 0.6) is 11.5 Å². The molecule has 0 atom stereocenters. The molecule has 0 radical (unpaired) electrons. The molecule has 0 saturated carbocycles. The summed E-state index contributed by atoms with van der Waals surface area (Å²) in [6, 6.07) is 14.5. The van der Waals surface area contributed by atoms with Crippen molar-refractivity contribution in [1.29, 1.82) is 0 Å². The first-order valence-corrected chi connectivity index (χ1v) is 7.62. The van der Waals surface area contributed by atoms with Crippen LogP contribution < -0.4 is 0 Å². The zero-order valence-corrected chi connectivity index (χ0v) is 13.2. The molecule has 4 nitrogen and oxygen atoms in total. The van der Waals surface area contributed by atoms with Crippen LogP contribution in [0, 0.1) is 0 Å². The summed E-state index contributed by atoms with van der Waals surface area (Å²) in [6.45, 7) is 2.08. The van der Waals surface area contributed by atoms with E-state index < -0.39 is 0 Å². The Kier molecular flexibility index (Phi) is 4.17. The van der Waals surface area contributed by atoms with Crippen LogP contribution in [0.4, 0.5) is 11.4 Å². The summed E-state index contributed by atoms with van der Waals surface area (Å²) in [5, 5.41) is 29.6. The fourth-order valence-electron chi connectivity index (χ4n) is 2.36. The van der Waals surface area contributed by atoms with Gasteiger partial charge in [-0.3, -0.25) is 0 Å². The van der Waals surface area contributed by atoms with E-state index in [1.54, 1.807) is 24.3 Å². The maximum absolute atomic E-state index is 10.4. The average Bonchev–Trinajstić information content (AvgIpc) is 2.60. The summed E-state index contributed by atoms with van der Waals surface area (Å²) >= 11 is 6.13. The maximum Gasteiger partial charge on any atom is 0.152 e. The lowest BCUT2D eigenvalue weighted by molar-refractivity contribution is 0.470. The second-order valence-corrected chi connectivity index (χ2v) is 5.50. The van der Waals surface area contributed by atoms with Gasteiger partial charge in [0.1, 0.15) is 10.8 Å². The summed E-state index contributed by atoms with van der Waals surface area (Å²) in [5.74, 6) is -0.215. The first kappa shape index (κ1) is 15.3. The van der Waals surface area contributed by atoms with E-state index in [0.29, 0.717) is 16.5 Å². The highest BCUT2D eigenvalue weighted by Gasteiger charge is 2.17. The molecule has 0 aromatic heterocycles. The molecule has 3 aromatic rings. The summed E-state index contributed by atoms with van der Waals surface area (Å²) in [7, 11) is 0. The zero-order chi connectivity index (χ0) is 16.4. The van der Waals surface area contributed by atoms with Crippen LogP contribution in [0.25, 0.3) is 10.8 Å². The molecule has 0 spiro atoms. The molecule has 0 aliphatic heterocycles. The monoisotopic (exact) mass is 326 g/mol. The van der Waals surface area contributed by atoms with Crippen LogP contribution >= 0.6 is 11.6 Å². The van der Waals surface area contributed by atoms with Crippen molar-refractivity contribution < 1.29 is 10.2 Å². The van der Waals surface area contributed by atoms with Crippen molar-refractivity contribution in [2.24, 2.45) is 10.2 Å². The third-order valence-electron chi connectivity index (χ3n) is 3.69. The number of aromatic hydroxyl groups is 2. The Balaban J connectivity index is 2.07. The van der Waals surface area contributed by atoms with Gasteiger partial charge in [-0.25, -0.2) is 0 Å². The molecule has 0 aliphatic rings. The van der Waals surface area contributed by atoms with Gasteiger partial charge >= 0.3 is 0 Å². The predicted octanol–water partition coefficient (Wildman–Crippen LogP) is 5.88. The molecule has 0 unspecified atom stereocenters. The molecule has 5 heteroatoms. The van der Waals surface area contributed by atoms with Gasteiger partial charge in [-0.15, -0.1) is 5.11 Å².